The minimum absolute atomic E-state index is 0.216. The molecule has 2 rings (SSSR count). The molecule has 14 heteroatoms. The maximum Gasteiger partial charge on any atom is 0.247 e. The van der Waals surface area contributed by atoms with Crippen molar-refractivity contribution in [2.45, 2.75) is 20.1 Å². The summed E-state index contributed by atoms with van der Waals surface area (Å²) < 4.78 is 46.3. The van der Waals surface area contributed by atoms with Gasteiger partial charge in [-0.05, 0) is 16.7 Å². The molecule has 2 heterocycles. The fourth-order valence-corrected chi connectivity index (χ4v) is 5.92. The lowest BCUT2D eigenvalue weighted by molar-refractivity contribution is -0.122. The number of amides is 2. The molecule has 0 aliphatic carbocycles. The van der Waals surface area contributed by atoms with Crippen molar-refractivity contribution < 1.29 is 26.4 Å². The van der Waals surface area contributed by atoms with Crippen LogP contribution in [-0.2, 0) is 29.4 Å². The maximum atomic E-state index is 12.3. The van der Waals surface area contributed by atoms with Crippen LogP contribution >= 0.6 is 11.3 Å². The van der Waals surface area contributed by atoms with Crippen LogP contribution in [-0.4, -0.2) is 33.9 Å². The number of azide groups is 1. The number of carbonyl (C=O) groups excluding carboxylic acids is 2. The molecular formula is C8H7N5O6S3. The number of fused-ring (bicyclic) bond motifs is 1. The van der Waals surface area contributed by atoms with E-state index in [0.29, 0.717) is 11.3 Å². The highest BCUT2D eigenvalue weighted by Crippen LogP contribution is 2.39. The number of sulfone groups is 1. The summed E-state index contributed by atoms with van der Waals surface area (Å²) in [4.78, 5) is 25.3. The van der Waals surface area contributed by atoms with Crippen molar-refractivity contribution in [1.82, 2.24) is 0 Å². The van der Waals surface area contributed by atoms with Crippen molar-refractivity contribution in [2.75, 3.05) is 5.32 Å². The van der Waals surface area contributed by atoms with Crippen LogP contribution in [0.25, 0.3) is 10.4 Å². The van der Waals surface area contributed by atoms with Crippen molar-refractivity contribution in [3.05, 3.63) is 16.5 Å². The van der Waals surface area contributed by atoms with Gasteiger partial charge < -0.3 is 5.32 Å². The van der Waals surface area contributed by atoms with Gasteiger partial charge in [-0.1, -0.05) is 0 Å². The van der Waals surface area contributed by atoms with E-state index in [1.165, 1.54) is 0 Å². The second-order valence-electron chi connectivity index (χ2n) is 4.12. The van der Waals surface area contributed by atoms with Crippen LogP contribution in [0.3, 0.4) is 0 Å². The van der Waals surface area contributed by atoms with E-state index in [4.69, 9.17) is 10.7 Å². The van der Waals surface area contributed by atoms with Gasteiger partial charge in [0, 0.05) is 11.3 Å². The first-order chi connectivity index (χ1) is 10.1. The van der Waals surface area contributed by atoms with E-state index in [0.717, 1.165) is 6.07 Å². The van der Waals surface area contributed by atoms with E-state index >= 15 is 0 Å². The molecule has 0 saturated carbocycles. The number of nitrogens with two attached hydrogens (primary N) is 1. The highest BCUT2D eigenvalue weighted by molar-refractivity contribution is 7.96. The number of nitrogens with one attached hydrogen (secondary N) is 1. The number of thiophene rings is 1. The van der Waals surface area contributed by atoms with Crippen LogP contribution in [0.15, 0.2) is 19.6 Å². The zero-order chi connectivity index (χ0) is 16.7. The van der Waals surface area contributed by atoms with Crippen molar-refractivity contribution in [3.63, 3.8) is 0 Å². The van der Waals surface area contributed by atoms with Crippen LogP contribution in [0.1, 0.15) is 6.42 Å². The van der Waals surface area contributed by atoms with Crippen LogP contribution in [0.2, 0.25) is 0 Å². The predicted octanol–water partition coefficient (Wildman–Crippen LogP) is -0.283. The summed E-state index contributed by atoms with van der Waals surface area (Å²) >= 11 is 0.365. The zero-order valence-corrected chi connectivity index (χ0v) is 12.9. The smallest absolute Gasteiger partial charge is 0.247 e. The van der Waals surface area contributed by atoms with E-state index in [1.54, 1.807) is 0 Å². The van der Waals surface area contributed by atoms with Gasteiger partial charge in [-0.25, -0.2) is 22.0 Å². The second-order valence-corrected chi connectivity index (χ2v) is 9.29. The minimum atomic E-state index is -4.30. The normalized spacial score (nSPS) is 19.7. The number of rotatable bonds is 3. The van der Waals surface area contributed by atoms with Gasteiger partial charge in [0.2, 0.25) is 31.7 Å². The predicted molar refractivity (Wildman–Crippen MR) is 74.1 cm³/mol. The van der Waals surface area contributed by atoms with Gasteiger partial charge >= 0.3 is 0 Å². The molecule has 3 N–H and O–H groups in total. The molecule has 0 fully saturated rings. The topological polar surface area (TPSA) is 189 Å². The average molecular weight is 365 g/mol. The van der Waals surface area contributed by atoms with E-state index in [-0.39, 0.29) is 5.69 Å². The molecule has 0 spiro atoms. The van der Waals surface area contributed by atoms with Crippen molar-refractivity contribution >= 4 is 48.7 Å². The Morgan fingerprint density at radius 2 is 2.18 bits per heavy atom. The van der Waals surface area contributed by atoms with Crippen LogP contribution in [0, 0.1) is 0 Å². The lowest BCUT2D eigenvalue weighted by Crippen LogP contribution is -2.40. The third kappa shape index (κ3) is 2.82. The van der Waals surface area contributed by atoms with Gasteiger partial charge in [-0.2, -0.15) is 0 Å². The Labute approximate surface area is 127 Å². The first-order valence-electron chi connectivity index (χ1n) is 5.36. The van der Waals surface area contributed by atoms with E-state index in [9.17, 15) is 26.4 Å². The molecule has 22 heavy (non-hydrogen) atoms. The molecule has 1 aliphatic rings. The summed E-state index contributed by atoms with van der Waals surface area (Å²) in [5.41, 5.74) is 7.91. The summed E-state index contributed by atoms with van der Waals surface area (Å²) in [7, 11) is -8.45. The highest BCUT2D eigenvalue weighted by atomic mass is 32.3. The van der Waals surface area contributed by atoms with E-state index < -0.39 is 51.8 Å². The molecule has 1 aromatic heterocycles. The lowest BCUT2D eigenvalue weighted by Gasteiger charge is -2.20. The Kier molecular flexibility index (Phi) is 3.97. The number of hydrogen-bond donors (Lipinski definition) is 2. The summed E-state index contributed by atoms with van der Waals surface area (Å²) in [5.74, 6) is -2.15. The quantitative estimate of drug-likeness (QED) is 0.420. The van der Waals surface area contributed by atoms with Crippen LogP contribution in [0.5, 0.6) is 0 Å². The molecule has 1 aromatic rings. The van der Waals surface area contributed by atoms with Gasteiger partial charge in [0.15, 0.2) is 5.25 Å². The molecule has 118 valence electrons. The fourth-order valence-electron chi connectivity index (χ4n) is 1.73. The number of primary sulfonamides is 1. The highest BCUT2D eigenvalue weighted by Gasteiger charge is 2.43. The first-order valence-corrected chi connectivity index (χ1v) is 9.27. The summed E-state index contributed by atoms with van der Waals surface area (Å²) in [6.07, 6.45) is -0.847. The maximum absolute atomic E-state index is 12.3. The molecule has 0 aromatic carbocycles. The Morgan fingerprint density at radius 1 is 1.55 bits per heavy atom. The SMILES string of the molecule is [N-]=[N+]=NC(=O)CC1C(=O)Nc2cc(S(N)(=O)=O)sc2S1(=O)=O. The van der Waals surface area contributed by atoms with Gasteiger partial charge in [-0.15, -0.1) is 11.3 Å². The van der Waals surface area contributed by atoms with E-state index in [1.807, 2.05) is 0 Å². The molecule has 2 amide bonds. The molecule has 11 nitrogen and oxygen atoms in total. The monoisotopic (exact) mass is 365 g/mol. The molecule has 1 atom stereocenters. The molecule has 1 aliphatic heterocycles. The zero-order valence-electron chi connectivity index (χ0n) is 10.5. The van der Waals surface area contributed by atoms with Gasteiger partial charge in [-0.3, -0.25) is 9.59 Å². The van der Waals surface area contributed by atoms with Gasteiger partial charge in [0.05, 0.1) is 5.69 Å². The first kappa shape index (κ1) is 16.4. The molecule has 0 saturated heterocycles. The standard InChI is InChI=1S/C8H7N5O6S3/c9-13-12-5(14)2-4-7(15)11-3-1-6(22(10,18)19)20-8(3)21(4,16)17/h1,4H,2H2,(H,11,15)(H2,10,18,19). The molecule has 0 bridgehead atoms. The Bertz CT molecular complexity index is 923. The largest absolute Gasteiger partial charge is 0.323 e. The molecule has 1 unspecified atom stereocenters. The summed E-state index contributed by atoms with van der Waals surface area (Å²) in [6, 6.07) is 0.927. The number of sulfonamides is 1. The number of hydrogen-bond acceptors (Lipinski definition) is 7. The number of carbonyl (C=O) groups is 2. The Balaban J connectivity index is 2.53. The summed E-state index contributed by atoms with van der Waals surface area (Å²) in [5, 5.41) is 8.01. The molecule has 0 radical (unpaired) electrons. The van der Waals surface area contributed by atoms with Crippen LogP contribution < -0.4 is 10.5 Å². The van der Waals surface area contributed by atoms with Crippen molar-refractivity contribution in [3.8, 4) is 0 Å². The minimum Gasteiger partial charge on any atom is -0.323 e. The van der Waals surface area contributed by atoms with Crippen molar-refractivity contribution in [1.29, 1.82) is 0 Å². The average Bonchev–Trinajstić information content (AvgIpc) is 2.79. The Morgan fingerprint density at radius 3 is 2.73 bits per heavy atom. The Hall–Kier alpha value is -1.99. The van der Waals surface area contributed by atoms with Crippen molar-refractivity contribution in [2.24, 2.45) is 10.3 Å². The van der Waals surface area contributed by atoms with E-state index in [2.05, 4.69) is 15.3 Å². The summed E-state index contributed by atoms with van der Waals surface area (Å²) in [6.45, 7) is 0. The third-order valence-electron chi connectivity index (χ3n) is 2.66. The fraction of sp³-hybridized carbons (Fsp3) is 0.250. The lowest BCUT2D eigenvalue weighted by atomic mass is 10.2. The number of anilines is 1. The molecular weight excluding hydrogens is 358 g/mol. The third-order valence-corrected chi connectivity index (χ3v) is 7.82. The van der Waals surface area contributed by atoms with Crippen LogP contribution in [0.4, 0.5) is 5.69 Å². The van der Waals surface area contributed by atoms with Gasteiger partial charge in [0.1, 0.15) is 8.42 Å². The second kappa shape index (κ2) is 5.33. The van der Waals surface area contributed by atoms with Gasteiger partial charge in [0.25, 0.3) is 0 Å². The number of nitrogens with zero attached hydrogens (tertiary/aromatic N) is 3.